The van der Waals surface area contributed by atoms with Crippen molar-refractivity contribution in [1.29, 1.82) is 0 Å². The average molecular weight is 396 g/mol. The minimum Gasteiger partial charge on any atom is -0.490 e. The van der Waals surface area contributed by atoms with Gasteiger partial charge in [0.05, 0.1) is 0 Å². The first-order valence-electron chi connectivity index (χ1n) is 8.88. The van der Waals surface area contributed by atoms with Crippen LogP contribution in [-0.2, 0) is 6.54 Å². The van der Waals surface area contributed by atoms with Crippen molar-refractivity contribution >= 4 is 26.7 Å². The molecule has 2 nitrogen and oxygen atoms in total. The van der Waals surface area contributed by atoms with Crippen LogP contribution in [0.2, 0.25) is 0 Å². The van der Waals surface area contributed by atoms with Crippen molar-refractivity contribution in [2.75, 3.05) is 13.1 Å². The lowest BCUT2D eigenvalue weighted by molar-refractivity contribution is 0.0969. The summed E-state index contributed by atoms with van der Waals surface area (Å²) in [6.45, 7) is 3.23. The summed E-state index contributed by atoms with van der Waals surface area (Å²) in [5, 5.41) is 2.46. The summed E-state index contributed by atoms with van der Waals surface area (Å²) in [6, 6.07) is 23.4. The number of benzene rings is 3. The third-order valence-corrected chi connectivity index (χ3v) is 5.35. The zero-order valence-corrected chi connectivity index (χ0v) is 15.8. The molecule has 128 valence electrons. The predicted molar refractivity (Wildman–Crippen MR) is 107 cm³/mol. The molecule has 0 aromatic heterocycles. The molecule has 3 heteroatoms. The fourth-order valence-corrected chi connectivity index (χ4v) is 3.87. The van der Waals surface area contributed by atoms with Crippen molar-refractivity contribution in [3.05, 3.63) is 76.8 Å². The third-order valence-electron chi connectivity index (χ3n) is 4.86. The van der Waals surface area contributed by atoms with Crippen molar-refractivity contribution in [2.24, 2.45) is 0 Å². The molecule has 0 unspecified atom stereocenters. The van der Waals surface area contributed by atoms with Crippen molar-refractivity contribution in [3.63, 3.8) is 0 Å². The Morgan fingerprint density at radius 2 is 1.60 bits per heavy atom. The summed E-state index contributed by atoms with van der Waals surface area (Å²) in [5.41, 5.74) is 1.39. The molecule has 0 N–H and O–H groups in total. The fraction of sp³-hybridized carbons (Fsp3) is 0.273. The Labute approximate surface area is 157 Å². The first-order chi connectivity index (χ1) is 12.3. The highest BCUT2D eigenvalue weighted by molar-refractivity contribution is 9.10. The van der Waals surface area contributed by atoms with Crippen molar-refractivity contribution in [2.45, 2.75) is 25.5 Å². The lowest BCUT2D eigenvalue weighted by atomic mass is 10.1. The number of halogens is 1. The number of hydrogen-bond acceptors (Lipinski definition) is 2. The molecule has 1 aliphatic heterocycles. The smallest absolute Gasteiger partial charge is 0.120 e. The summed E-state index contributed by atoms with van der Waals surface area (Å²) < 4.78 is 7.36. The normalized spacial score (nSPS) is 16.2. The van der Waals surface area contributed by atoms with Gasteiger partial charge in [-0.15, -0.1) is 0 Å². The largest absolute Gasteiger partial charge is 0.490 e. The van der Waals surface area contributed by atoms with Crippen LogP contribution in [0.5, 0.6) is 5.75 Å². The Morgan fingerprint density at radius 3 is 2.40 bits per heavy atom. The minimum absolute atomic E-state index is 0.319. The van der Waals surface area contributed by atoms with E-state index in [0.29, 0.717) is 6.10 Å². The standard InChI is InChI=1S/C22H22BrNO/c23-20-8-6-19-15-22(9-7-18(19)14-20)25-21-10-12-24(13-11-21)16-17-4-2-1-3-5-17/h1-9,14-15,21H,10-13,16H2. The summed E-state index contributed by atoms with van der Waals surface area (Å²) >= 11 is 3.52. The zero-order chi connectivity index (χ0) is 17.1. The van der Waals surface area contributed by atoms with Crippen LogP contribution < -0.4 is 4.74 Å². The second-order valence-corrected chi connectivity index (χ2v) is 7.65. The quantitative estimate of drug-likeness (QED) is 0.566. The molecule has 4 rings (SSSR count). The molecule has 1 saturated heterocycles. The van der Waals surface area contributed by atoms with Crippen LogP contribution in [0.4, 0.5) is 0 Å². The lowest BCUT2D eigenvalue weighted by Crippen LogP contribution is -2.37. The van der Waals surface area contributed by atoms with E-state index < -0.39 is 0 Å². The molecule has 1 aliphatic rings. The number of nitrogens with zero attached hydrogens (tertiary/aromatic N) is 1. The van der Waals surface area contributed by atoms with Crippen LogP contribution in [0.1, 0.15) is 18.4 Å². The highest BCUT2D eigenvalue weighted by atomic mass is 79.9. The van der Waals surface area contributed by atoms with E-state index in [4.69, 9.17) is 4.74 Å². The van der Waals surface area contributed by atoms with Gasteiger partial charge in [0.2, 0.25) is 0 Å². The molecular weight excluding hydrogens is 374 g/mol. The van der Waals surface area contributed by atoms with E-state index in [1.54, 1.807) is 0 Å². The van der Waals surface area contributed by atoms with Gasteiger partial charge in [0.1, 0.15) is 11.9 Å². The van der Waals surface area contributed by atoms with Crippen molar-refractivity contribution in [1.82, 2.24) is 4.90 Å². The Bertz CT molecular complexity index is 841. The van der Waals surface area contributed by atoms with Gasteiger partial charge in [0.25, 0.3) is 0 Å². The topological polar surface area (TPSA) is 12.5 Å². The van der Waals surface area contributed by atoms with Gasteiger partial charge in [-0.25, -0.2) is 0 Å². The molecule has 0 saturated carbocycles. The number of likely N-dealkylation sites (tertiary alicyclic amines) is 1. The minimum atomic E-state index is 0.319. The third kappa shape index (κ3) is 4.23. The molecule has 0 aliphatic carbocycles. The van der Waals surface area contributed by atoms with Gasteiger partial charge in [-0.1, -0.05) is 58.4 Å². The molecule has 0 bridgehead atoms. The van der Waals surface area contributed by atoms with Gasteiger partial charge in [-0.3, -0.25) is 4.90 Å². The Balaban J connectivity index is 1.34. The first-order valence-corrected chi connectivity index (χ1v) is 9.68. The molecular formula is C22H22BrNO. The van der Waals surface area contributed by atoms with Crippen molar-refractivity contribution in [3.8, 4) is 5.75 Å². The van der Waals surface area contributed by atoms with Crippen LogP contribution in [-0.4, -0.2) is 24.1 Å². The molecule has 0 atom stereocenters. The Kier molecular flexibility index (Phi) is 5.04. The summed E-state index contributed by atoms with van der Waals surface area (Å²) in [7, 11) is 0. The maximum atomic E-state index is 6.25. The van der Waals surface area contributed by atoms with Crippen molar-refractivity contribution < 1.29 is 4.74 Å². The molecule has 3 aromatic rings. The van der Waals surface area contributed by atoms with E-state index in [1.807, 2.05) is 0 Å². The van der Waals surface area contributed by atoms with E-state index in [1.165, 1.54) is 16.3 Å². The van der Waals surface area contributed by atoms with Crippen LogP contribution in [0.3, 0.4) is 0 Å². The maximum Gasteiger partial charge on any atom is 0.120 e. The molecule has 0 spiro atoms. The van der Waals surface area contributed by atoms with Gasteiger partial charge in [-0.05, 0) is 53.4 Å². The van der Waals surface area contributed by atoms with E-state index in [9.17, 15) is 0 Å². The number of fused-ring (bicyclic) bond motifs is 1. The molecule has 3 aromatic carbocycles. The Morgan fingerprint density at radius 1 is 0.880 bits per heavy atom. The number of piperidine rings is 1. The number of ether oxygens (including phenoxy) is 1. The van der Waals surface area contributed by atoms with Gasteiger partial charge in [0, 0.05) is 24.1 Å². The zero-order valence-electron chi connectivity index (χ0n) is 14.2. The second-order valence-electron chi connectivity index (χ2n) is 6.73. The molecule has 0 radical (unpaired) electrons. The second kappa shape index (κ2) is 7.59. The van der Waals surface area contributed by atoms with Gasteiger partial charge in [0.15, 0.2) is 0 Å². The summed E-state index contributed by atoms with van der Waals surface area (Å²) in [6.07, 6.45) is 2.50. The molecule has 0 amide bonds. The SMILES string of the molecule is Brc1ccc2cc(OC3CCN(Cc4ccccc4)CC3)ccc2c1. The first kappa shape index (κ1) is 16.6. The van der Waals surface area contributed by atoms with Gasteiger partial charge in [-0.2, -0.15) is 0 Å². The fourth-order valence-electron chi connectivity index (χ4n) is 3.49. The monoisotopic (exact) mass is 395 g/mol. The number of rotatable bonds is 4. The van der Waals surface area contributed by atoms with Crippen LogP contribution in [0, 0.1) is 0 Å². The van der Waals surface area contributed by atoms with Crippen LogP contribution in [0.25, 0.3) is 10.8 Å². The molecule has 25 heavy (non-hydrogen) atoms. The van der Waals surface area contributed by atoms with E-state index in [2.05, 4.69) is 87.6 Å². The Hall–Kier alpha value is -1.84. The van der Waals surface area contributed by atoms with Crippen LogP contribution in [0.15, 0.2) is 71.2 Å². The number of hydrogen-bond donors (Lipinski definition) is 0. The highest BCUT2D eigenvalue weighted by Gasteiger charge is 2.20. The van der Waals surface area contributed by atoms with E-state index in [0.717, 1.165) is 42.7 Å². The predicted octanol–water partition coefficient (Wildman–Crippen LogP) is 5.65. The highest BCUT2D eigenvalue weighted by Crippen LogP contribution is 2.26. The van der Waals surface area contributed by atoms with E-state index >= 15 is 0 Å². The van der Waals surface area contributed by atoms with Crippen LogP contribution >= 0.6 is 15.9 Å². The van der Waals surface area contributed by atoms with E-state index in [-0.39, 0.29) is 0 Å². The molecule has 1 fully saturated rings. The van der Waals surface area contributed by atoms with Gasteiger partial charge >= 0.3 is 0 Å². The summed E-state index contributed by atoms with van der Waals surface area (Å²) in [4.78, 5) is 2.52. The summed E-state index contributed by atoms with van der Waals surface area (Å²) in [5.74, 6) is 0.983. The average Bonchev–Trinajstić information content (AvgIpc) is 2.64. The maximum absolute atomic E-state index is 6.25. The van der Waals surface area contributed by atoms with Gasteiger partial charge < -0.3 is 4.74 Å². The lowest BCUT2D eigenvalue weighted by Gasteiger charge is -2.32. The molecule has 1 heterocycles.